The molecule has 0 aliphatic carbocycles. The molecule has 2 aliphatic rings. The maximum Gasteiger partial charge on any atom is 0.251 e. The SMILES string of the molecule is CC(=O)N1C[C@H]2C[C@@H](C1)[C@H](C(=O)NCCn1nc(C)cc1C)n1c2cccc1=O. The van der Waals surface area contributed by atoms with E-state index in [1.54, 1.807) is 22.5 Å². The zero-order chi connectivity index (χ0) is 20.7. The van der Waals surface area contributed by atoms with Gasteiger partial charge in [0.2, 0.25) is 11.8 Å². The lowest BCUT2D eigenvalue weighted by Crippen LogP contribution is -2.54. The number of aryl methyl sites for hydroxylation is 2. The third-order valence-electron chi connectivity index (χ3n) is 6.09. The van der Waals surface area contributed by atoms with Crippen molar-refractivity contribution in [1.29, 1.82) is 0 Å². The summed E-state index contributed by atoms with van der Waals surface area (Å²) in [5, 5.41) is 7.40. The van der Waals surface area contributed by atoms with Gasteiger partial charge in [0.15, 0.2) is 0 Å². The molecule has 2 bridgehead atoms. The molecule has 4 heterocycles. The van der Waals surface area contributed by atoms with Crippen LogP contribution in [0.15, 0.2) is 29.1 Å². The average molecular weight is 397 g/mol. The molecule has 3 atom stereocenters. The molecule has 1 N–H and O–H groups in total. The summed E-state index contributed by atoms with van der Waals surface area (Å²) >= 11 is 0. The number of carbonyl (C=O) groups is 2. The first-order chi connectivity index (χ1) is 13.8. The molecule has 2 aromatic heterocycles. The maximum absolute atomic E-state index is 13.2. The molecule has 0 radical (unpaired) electrons. The number of carbonyl (C=O) groups excluding carboxylic acids is 2. The number of likely N-dealkylation sites (tertiary alicyclic amines) is 1. The summed E-state index contributed by atoms with van der Waals surface area (Å²) in [6, 6.07) is 6.54. The average Bonchev–Trinajstić information content (AvgIpc) is 2.99. The van der Waals surface area contributed by atoms with E-state index >= 15 is 0 Å². The van der Waals surface area contributed by atoms with Crippen molar-refractivity contribution in [2.24, 2.45) is 5.92 Å². The van der Waals surface area contributed by atoms with Crippen LogP contribution in [0.5, 0.6) is 0 Å². The maximum atomic E-state index is 13.2. The van der Waals surface area contributed by atoms with Crippen LogP contribution < -0.4 is 10.9 Å². The van der Waals surface area contributed by atoms with Gasteiger partial charge in [-0.05, 0) is 32.4 Å². The molecule has 1 fully saturated rings. The number of nitrogens with one attached hydrogen (secondary N) is 1. The molecule has 2 aromatic rings. The van der Waals surface area contributed by atoms with E-state index in [1.165, 1.54) is 6.07 Å². The molecule has 8 nitrogen and oxygen atoms in total. The van der Waals surface area contributed by atoms with E-state index in [4.69, 9.17) is 0 Å². The number of rotatable bonds is 4. The van der Waals surface area contributed by atoms with E-state index in [0.29, 0.717) is 26.2 Å². The highest BCUT2D eigenvalue weighted by atomic mass is 16.2. The van der Waals surface area contributed by atoms with E-state index in [9.17, 15) is 14.4 Å². The molecule has 29 heavy (non-hydrogen) atoms. The van der Waals surface area contributed by atoms with Gasteiger partial charge in [0.25, 0.3) is 5.56 Å². The van der Waals surface area contributed by atoms with Crippen LogP contribution >= 0.6 is 0 Å². The zero-order valence-electron chi connectivity index (χ0n) is 17.1. The Bertz CT molecular complexity index is 1010. The highest BCUT2D eigenvalue weighted by Crippen LogP contribution is 2.41. The van der Waals surface area contributed by atoms with E-state index in [1.807, 2.05) is 30.7 Å². The molecule has 8 heteroatoms. The standard InChI is InChI=1S/C21H27N5O3/c1-13-9-14(2)25(23-13)8-7-22-21(29)20-17-10-16(11-24(12-17)15(3)27)18-5-4-6-19(28)26(18)20/h4-6,9,16-17,20H,7-8,10-12H2,1-3H3,(H,22,29)/t16-,17+,20-/m1/s1. The molecule has 0 aromatic carbocycles. The minimum atomic E-state index is -0.599. The second-order valence-corrected chi connectivity index (χ2v) is 8.16. The second kappa shape index (κ2) is 7.50. The van der Waals surface area contributed by atoms with Gasteiger partial charge in [0.05, 0.1) is 12.2 Å². The Morgan fingerprint density at radius 1 is 1.24 bits per heavy atom. The summed E-state index contributed by atoms with van der Waals surface area (Å²) in [4.78, 5) is 39.6. The predicted molar refractivity (Wildman–Crippen MR) is 108 cm³/mol. The molecule has 0 unspecified atom stereocenters. The Morgan fingerprint density at radius 3 is 2.72 bits per heavy atom. The fourth-order valence-electron chi connectivity index (χ4n) is 4.82. The second-order valence-electron chi connectivity index (χ2n) is 8.16. The molecular formula is C21H27N5O3. The van der Waals surface area contributed by atoms with Crippen LogP contribution in [0.25, 0.3) is 0 Å². The topological polar surface area (TPSA) is 89.2 Å². The van der Waals surface area contributed by atoms with Gasteiger partial charge >= 0.3 is 0 Å². The number of aromatic nitrogens is 3. The Hall–Kier alpha value is -2.90. The lowest BCUT2D eigenvalue weighted by atomic mass is 9.78. The third kappa shape index (κ3) is 3.59. The van der Waals surface area contributed by atoms with E-state index in [-0.39, 0.29) is 29.2 Å². The zero-order valence-corrected chi connectivity index (χ0v) is 17.1. The van der Waals surface area contributed by atoms with Gasteiger partial charge in [-0.1, -0.05) is 6.07 Å². The monoisotopic (exact) mass is 397 g/mol. The Kier molecular flexibility index (Phi) is 5.02. The summed E-state index contributed by atoms with van der Waals surface area (Å²) in [5.41, 5.74) is 2.67. The van der Waals surface area contributed by atoms with Crippen LogP contribution in [0.2, 0.25) is 0 Å². The van der Waals surface area contributed by atoms with Crippen LogP contribution in [0.3, 0.4) is 0 Å². The fraction of sp³-hybridized carbons (Fsp3) is 0.524. The van der Waals surface area contributed by atoms with Crippen molar-refractivity contribution in [3.05, 3.63) is 51.7 Å². The predicted octanol–water partition coefficient (Wildman–Crippen LogP) is 0.985. The van der Waals surface area contributed by atoms with Gasteiger partial charge in [0.1, 0.15) is 6.04 Å². The van der Waals surface area contributed by atoms with E-state index in [0.717, 1.165) is 23.5 Å². The highest BCUT2D eigenvalue weighted by Gasteiger charge is 2.44. The minimum Gasteiger partial charge on any atom is -0.352 e. The van der Waals surface area contributed by atoms with Gasteiger partial charge < -0.3 is 10.2 Å². The minimum absolute atomic E-state index is 0.00936. The summed E-state index contributed by atoms with van der Waals surface area (Å²) in [7, 11) is 0. The number of piperidine rings is 1. The van der Waals surface area contributed by atoms with Crippen LogP contribution in [0.1, 0.15) is 42.4 Å². The Morgan fingerprint density at radius 2 is 2.03 bits per heavy atom. The lowest BCUT2D eigenvalue weighted by molar-refractivity contribution is -0.135. The van der Waals surface area contributed by atoms with Crippen molar-refractivity contribution in [3.8, 4) is 0 Å². The van der Waals surface area contributed by atoms with Crippen molar-refractivity contribution in [3.63, 3.8) is 0 Å². The largest absolute Gasteiger partial charge is 0.352 e. The first-order valence-corrected chi connectivity index (χ1v) is 10.1. The quantitative estimate of drug-likeness (QED) is 0.833. The van der Waals surface area contributed by atoms with Crippen LogP contribution in [-0.4, -0.2) is 50.7 Å². The van der Waals surface area contributed by atoms with Gasteiger partial charge in [0, 0.05) is 55.8 Å². The molecule has 0 spiro atoms. The summed E-state index contributed by atoms with van der Waals surface area (Å²) in [5.74, 6) is -0.144. The van der Waals surface area contributed by atoms with Crippen molar-refractivity contribution in [2.75, 3.05) is 19.6 Å². The number of pyridine rings is 1. The summed E-state index contributed by atoms with van der Waals surface area (Å²) in [6.07, 6.45) is 0.808. The van der Waals surface area contributed by atoms with Crippen LogP contribution in [0, 0.1) is 19.8 Å². The van der Waals surface area contributed by atoms with Crippen molar-refractivity contribution in [1.82, 2.24) is 24.6 Å². The number of amides is 2. The molecule has 154 valence electrons. The normalized spacial score (nSPS) is 22.9. The van der Waals surface area contributed by atoms with Crippen molar-refractivity contribution >= 4 is 11.8 Å². The smallest absolute Gasteiger partial charge is 0.251 e. The summed E-state index contributed by atoms with van der Waals surface area (Å²) in [6.45, 7) is 7.58. The Labute approximate surface area is 169 Å². The first-order valence-electron chi connectivity index (χ1n) is 10.1. The molecule has 2 aliphatic heterocycles. The van der Waals surface area contributed by atoms with Gasteiger partial charge in [-0.3, -0.25) is 23.6 Å². The lowest BCUT2D eigenvalue weighted by Gasteiger charge is -2.46. The number of nitrogens with zero attached hydrogens (tertiary/aromatic N) is 4. The van der Waals surface area contributed by atoms with Crippen LogP contribution in [0.4, 0.5) is 0 Å². The van der Waals surface area contributed by atoms with E-state index in [2.05, 4.69) is 10.4 Å². The fourth-order valence-corrected chi connectivity index (χ4v) is 4.82. The van der Waals surface area contributed by atoms with Crippen LogP contribution in [-0.2, 0) is 16.1 Å². The molecule has 4 rings (SSSR count). The summed E-state index contributed by atoms with van der Waals surface area (Å²) < 4.78 is 3.51. The molecule has 0 saturated carbocycles. The number of hydrogen-bond acceptors (Lipinski definition) is 4. The van der Waals surface area contributed by atoms with Gasteiger partial charge in [-0.25, -0.2) is 0 Å². The van der Waals surface area contributed by atoms with Gasteiger partial charge in [-0.15, -0.1) is 0 Å². The third-order valence-corrected chi connectivity index (χ3v) is 6.09. The van der Waals surface area contributed by atoms with Crippen molar-refractivity contribution < 1.29 is 9.59 Å². The molecular weight excluding hydrogens is 370 g/mol. The highest BCUT2D eigenvalue weighted by molar-refractivity contribution is 5.81. The Balaban J connectivity index is 1.57. The first kappa shape index (κ1) is 19.4. The van der Waals surface area contributed by atoms with Crippen molar-refractivity contribution in [2.45, 2.75) is 45.7 Å². The number of hydrogen-bond donors (Lipinski definition) is 1. The van der Waals surface area contributed by atoms with E-state index < -0.39 is 6.04 Å². The number of fused-ring (bicyclic) bond motifs is 4. The van der Waals surface area contributed by atoms with Gasteiger partial charge in [-0.2, -0.15) is 5.10 Å². The molecule has 2 amide bonds. The molecule has 1 saturated heterocycles.